The van der Waals surface area contributed by atoms with Crippen molar-refractivity contribution in [3.8, 4) is 5.75 Å². The molecule has 0 aliphatic heterocycles. The van der Waals surface area contributed by atoms with Crippen molar-refractivity contribution in [2.75, 3.05) is 26.0 Å². The molecular formula is C24H32N2O3S. The fourth-order valence-electron chi connectivity index (χ4n) is 3.03. The van der Waals surface area contributed by atoms with E-state index in [0.29, 0.717) is 18.8 Å². The highest BCUT2D eigenvalue weighted by Crippen LogP contribution is 2.17. The predicted molar refractivity (Wildman–Crippen MR) is 124 cm³/mol. The van der Waals surface area contributed by atoms with E-state index in [2.05, 4.69) is 5.32 Å². The normalized spacial score (nSPS) is 11.6. The second kappa shape index (κ2) is 13.0. The fraction of sp³-hybridized carbons (Fsp3) is 0.417. The van der Waals surface area contributed by atoms with Crippen LogP contribution in [-0.4, -0.2) is 48.7 Å². The van der Waals surface area contributed by atoms with E-state index in [4.69, 9.17) is 4.74 Å². The molecule has 0 aliphatic rings. The van der Waals surface area contributed by atoms with Crippen LogP contribution in [0, 0.1) is 0 Å². The molecule has 0 heterocycles. The Kier molecular flexibility index (Phi) is 10.3. The maximum atomic E-state index is 13.0. The highest BCUT2D eigenvalue weighted by molar-refractivity contribution is 7.99. The summed E-state index contributed by atoms with van der Waals surface area (Å²) >= 11 is 1.56. The monoisotopic (exact) mass is 428 g/mol. The Balaban J connectivity index is 1.96. The van der Waals surface area contributed by atoms with Gasteiger partial charge in [-0.25, -0.2) is 0 Å². The van der Waals surface area contributed by atoms with Crippen molar-refractivity contribution >= 4 is 23.6 Å². The summed E-state index contributed by atoms with van der Waals surface area (Å²) < 4.78 is 5.18. The first-order valence-electron chi connectivity index (χ1n) is 10.4. The van der Waals surface area contributed by atoms with E-state index < -0.39 is 6.04 Å². The van der Waals surface area contributed by atoms with Gasteiger partial charge < -0.3 is 15.0 Å². The standard InChI is InChI=1S/C24H32N2O3S/c1-4-15-25-24(28)19(2)26(16-14-20-8-6-5-7-9-20)23(27)18-30-17-21-10-12-22(29-3)13-11-21/h5-13,19H,4,14-18H2,1-3H3,(H,25,28)/t19-/m1/s1. The van der Waals surface area contributed by atoms with Crippen LogP contribution in [0.25, 0.3) is 0 Å². The minimum atomic E-state index is -0.491. The Bertz CT molecular complexity index is 781. The first-order chi connectivity index (χ1) is 14.5. The van der Waals surface area contributed by atoms with Crippen LogP contribution >= 0.6 is 11.8 Å². The molecule has 2 aromatic carbocycles. The van der Waals surface area contributed by atoms with E-state index in [1.807, 2.05) is 68.4 Å². The lowest BCUT2D eigenvalue weighted by Crippen LogP contribution is -2.49. The third-order valence-electron chi connectivity index (χ3n) is 4.85. The lowest BCUT2D eigenvalue weighted by Gasteiger charge is -2.28. The Labute approximate surface area is 184 Å². The molecule has 2 amide bonds. The molecule has 0 aliphatic carbocycles. The van der Waals surface area contributed by atoms with Gasteiger partial charge >= 0.3 is 0 Å². The SMILES string of the molecule is CCCNC(=O)[C@@H](C)N(CCc1ccccc1)C(=O)CSCc1ccc(OC)cc1. The van der Waals surface area contributed by atoms with Crippen molar-refractivity contribution in [2.24, 2.45) is 0 Å². The fourth-order valence-corrected chi connectivity index (χ4v) is 3.90. The average molecular weight is 429 g/mol. The van der Waals surface area contributed by atoms with Gasteiger partial charge in [-0.3, -0.25) is 9.59 Å². The van der Waals surface area contributed by atoms with Crippen molar-refractivity contribution < 1.29 is 14.3 Å². The van der Waals surface area contributed by atoms with Crippen molar-refractivity contribution in [3.05, 3.63) is 65.7 Å². The average Bonchev–Trinajstić information content (AvgIpc) is 2.78. The van der Waals surface area contributed by atoms with Crippen LogP contribution in [0.5, 0.6) is 5.75 Å². The van der Waals surface area contributed by atoms with Gasteiger partial charge in [0, 0.05) is 18.8 Å². The smallest absolute Gasteiger partial charge is 0.242 e. The number of hydrogen-bond acceptors (Lipinski definition) is 4. The lowest BCUT2D eigenvalue weighted by atomic mass is 10.1. The number of nitrogens with zero attached hydrogens (tertiary/aromatic N) is 1. The molecule has 0 aromatic heterocycles. The van der Waals surface area contributed by atoms with Crippen molar-refractivity contribution in [1.82, 2.24) is 10.2 Å². The summed E-state index contributed by atoms with van der Waals surface area (Å²) in [4.78, 5) is 27.2. The molecule has 0 spiro atoms. The van der Waals surface area contributed by atoms with Gasteiger partial charge in [0.2, 0.25) is 11.8 Å². The molecule has 2 aromatic rings. The van der Waals surface area contributed by atoms with Gasteiger partial charge in [0.05, 0.1) is 12.9 Å². The molecule has 0 saturated carbocycles. The number of ether oxygens (including phenoxy) is 1. The number of methoxy groups -OCH3 is 1. The van der Waals surface area contributed by atoms with E-state index >= 15 is 0 Å². The van der Waals surface area contributed by atoms with E-state index in [9.17, 15) is 9.59 Å². The van der Waals surface area contributed by atoms with Gasteiger partial charge in [-0.1, -0.05) is 49.4 Å². The number of hydrogen-bond donors (Lipinski definition) is 1. The van der Waals surface area contributed by atoms with Crippen LogP contribution in [0.15, 0.2) is 54.6 Å². The Morgan fingerprint density at radius 3 is 2.40 bits per heavy atom. The molecule has 2 rings (SSSR count). The second-order valence-corrected chi connectivity index (χ2v) is 8.12. The van der Waals surface area contributed by atoms with E-state index in [-0.39, 0.29) is 11.8 Å². The number of nitrogens with one attached hydrogen (secondary N) is 1. The van der Waals surface area contributed by atoms with Crippen molar-refractivity contribution in [3.63, 3.8) is 0 Å². The molecule has 0 radical (unpaired) electrons. The molecule has 5 nitrogen and oxygen atoms in total. The first-order valence-corrected chi connectivity index (χ1v) is 11.5. The molecule has 0 fully saturated rings. The van der Waals surface area contributed by atoms with Gasteiger partial charge in [0.1, 0.15) is 11.8 Å². The molecular weight excluding hydrogens is 396 g/mol. The molecule has 162 valence electrons. The molecule has 1 atom stereocenters. The predicted octanol–water partition coefficient (Wildman–Crippen LogP) is 3.91. The van der Waals surface area contributed by atoms with Gasteiger partial charge in [0.25, 0.3) is 0 Å². The summed E-state index contributed by atoms with van der Waals surface area (Å²) in [6.45, 7) is 4.96. The molecule has 0 saturated heterocycles. The second-order valence-electron chi connectivity index (χ2n) is 7.13. The van der Waals surface area contributed by atoms with Gasteiger partial charge in [-0.15, -0.1) is 11.8 Å². The number of rotatable bonds is 12. The number of amides is 2. The molecule has 1 N–H and O–H groups in total. The third kappa shape index (κ3) is 7.75. The summed E-state index contributed by atoms with van der Waals surface area (Å²) in [6, 6.07) is 17.4. The molecule has 30 heavy (non-hydrogen) atoms. The molecule has 0 unspecified atom stereocenters. The maximum Gasteiger partial charge on any atom is 0.242 e. The van der Waals surface area contributed by atoms with Crippen LogP contribution in [0.2, 0.25) is 0 Å². The highest BCUT2D eigenvalue weighted by atomic mass is 32.2. The Morgan fingerprint density at radius 1 is 1.07 bits per heavy atom. The lowest BCUT2D eigenvalue weighted by molar-refractivity contribution is -0.137. The summed E-state index contributed by atoms with van der Waals surface area (Å²) in [5, 5.41) is 2.91. The van der Waals surface area contributed by atoms with Gasteiger partial charge in [-0.2, -0.15) is 0 Å². The zero-order valence-corrected chi connectivity index (χ0v) is 18.9. The topological polar surface area (TPSA) is 58.6 Å². The van der Waals surface area contributed by atoms with Gasteiger partial charge in [0.15, 0.2) is 0 Å². The number of carbonyl (C=O) groups is 2. The Hall–Kier alpha value is -2.47. The van der Waals surface area contributed by atoms with Crippen LogP contribution in [0.1, 0.15) is 31.4 Å². The number of carbonyl (C=O) groups excluding carboxylic acids is 2. The zero-order chi connectivity index (χ0) is 21.8. The summed E-state index contributed by atoms with van der Waals surface area (Å²) in [7, 11) is 1.64. The highest BCUT2D eigenvalue weighted by Gasteiger charge is 2.25. The third-order valence-corrected chi connectivity index (χ3v) is 5.84. The van der Waals surface area contributed by atoms with Crippen LogP contribution < -0.4 is 10.1 Å². The van der Waals surface area contributed by atoms with Crippen LogP contribution in [0.4, 0.5) is 0 Å². The van der Waals surface area contributed by atoms with Crippen molar-refractivity contribution in [2.45, 2.75) is 38.5 Å². The van der Waals surface area contributed by atoms with E-state index in [0.717, 1.165) is 35.5 Å². The first kappa shape index (κ1) is 23.8. The minimum absolute atomic E-state index is 0.0106. The summed E-state index contributed by atoms with van der Waals surface area (Å²) in [5.74, 6) is 1.78. The summed E-state index contributed by atoms with van der Waals surface area (Å²) in [6.07, 6.45) is 1.59. The van der Waals surface area contributed by atoms with Crippen molar-refractivity contribution in [1.29, 1.82) is 0 Å². The quantitative estimate of drug-likeness (QED) is 0.557. The van der Waals surface area contributed by atoms with Crippen LogP contribution in [0.3, 0.4) is 0 Å². The number of thioether (sulfide) groups is 1. The zero-order valence-electron chi connectivity index (χ0n) is 18.1. The largest absolute Gasteiger partial charge is 0.497 e. The Morgan fingerprint density at radius 2 is 1.77 bits per heavy atom. The summed E-state index contributed by atoms with van der Waals surface area (Å²) in [5.41, 5.74) is 2.29. The number of benzene rings is 2. The van der Waals surface area contributed by atoms with Crippen LogP contribution in [-0.2, 0) is 21.8 Å². The minimum Gasteiger partial charge on any atom is -0.497 e. The van der Waals surface area contributed by atoms with E-state index in [1.54, 1.807) is 23.8 Å². The molecule has 6 heteroatoms. The van der Waals surface area contributed by atoms with E-state index in [1.165, 1.54) is 0 Å². The maximum absolute atomic E-state index is 13.0. The van der Waals surface area contributed by atoms with Gasteiger partial charge in [-0.05, 0) is 43.0 Å². The molecule has 0 bridgehead atoms.